The van der Waals surface area contributed by atoms with Crippen molar-refractivity contribution in [2.45, 2.75) is 26.3 Å². The molecule has 1 saturated heterocycles. The number of nitrogens with one attached hydrogen (secondary N) is 3. The van der Waals surface area contributed by atoms with Crippen molar-refractivity contribution in [3.05, 3.63) is 60.2 Å². The highest BCUT2D eigenvalue weighted by atomic mass is 16.5. The lowest BCUT2D eigenvalue weighted by molar-refractivity contribution is -1.02. The summed E-state index contributed by atoms with van der Waals surface area (Å²) < 4.78 is 5.81. The van der Waals surface area contributed by atoms with Gasteiger partial charge in [-0.3, -0.25) is 4.79 Å². The summed E-state index contributed by atoms with van der Waals surface area (Å²) in [5.74, 6) is 1.04. The number of carbonyl (C=O) groups is 1. The summed E-state index contributed by atoms with van der Waals surface area (Å²) in [7, 11) is 0. The molecule has 0 unspecified atom stereocenters. The number of para-hydroxylation sites is 1. The molecule has 0 radical (unpaired) electrons. The summed E-state index contributed by atoms with van der Waals surface area (Å²) in [5.41, 5.74) is 2.17. The van der Waals surface area contributed by atoms with Crippen LogP contribution in [0.2, 0.25) is 0 Å². The second-order valence-electron chi connectivity index (χ2n) is 7.58. The van der Waals surface area contributed by atoms with E-state index in [2.05, 4.69) is 24.4 Å². The summed E-state index contributed by atoms with van der Waals surface area (Å²) in [6.07, 6.45) is 1.01. The molecule has 0 aromatic heterocycles. The molecule has 5 heteroatoms. The lowest BCUT2D eigenvalue weighted by Crippen LogP contribution is -3.30. The van der Waals surface area contributed by atoms with E-state index in [0.717, 1.165) is 57.2 Å². The van der Waals surface area contributed by atoms with Crippen molar-refractivity contribution in [3.63, 3.8) is 0 Å². The first-order chi connectivity index (χ1) is 13.7. The lowest BCUT2D eigenvalue weighted by atomic mass is 10.1. The van der Waals surface area contributed by atoms with Gasteiger partial charge in [-0.05, 0) is 43.2 Å². The Kier molecular flexibility index (Phi) is 7.46. The molecule has 1 aliphatic heterocycles. The van der Waals surface area contributed by atoms with Crippen LogP contribution in [0.5, 0.6) is 5.75 Å². The van der Waals surface area contributed by atoms with Crippen LogP contribution >= 0.6 is 0 Å². The van der Waals surface area contributed by atoms with Gasteiger partial charge in [-0.2, -0.15) is 0 Å². The van der Waals surface area contributed by atoms with Crippen LogP contribution in [0.25, 0.3) is 0 Å². The normalized spacial score (nSPS) is 20.4. The van der Waals surface area contributed by atoms with E-state index in [1.807, 2.05) is 49.4 Å². The van der Waals surface area contributed by atoms with Crippen LogP contribution in [-0.4, -0.2) is 51.3 Å². The Morgan fingerprint density at radius 3 is 2.36 bits per heavy atom. The third-order valence-electron chi connectivity index (χ3n) is 5.70. The molecule has 1 atom stereocenters. The zero-order valence-corrected chi connectivity index (χ0v) is 17.0. The van der Waals surface area contributed by atoms with Gasteiger partial charge in [0.25, 0.3) is 5.91 Å². The molecule has 5 nitrogen and oxygen atoms in total. The maximum Gasteiger partial charge on any atom is 0.282 e. The summed E-state index contributed by atoms with van der Waals surface area (Å²) in [6, 6.07) is 18.1. The monoisotopic (exact) mass is 383 g/mol. The number of hydrogen-bond donors (Lipinski definition) is 3. The first-order valence-corrected chi connectivity index (χ1v) is 10.4. The van der Waals surface area contributed by atoms with Gasteiger partial charge in [-0.25, -0.2) is 0 Å². The highest BCUT2D eigenvalue weighted by Gasteiger charge is 2.30. The number of piperazine rings is 1. The molecule has 28 heavy (non-hydrogen) atoms. The number of rotatable bonds is 8. The second-order valence-corrected chi connectivity index (χ2v) is 7.58. The van der Waals surface area contributed by atoms with Crippen molar-refractivity contribution in [2.75, 3.05) is 44.6 Å². The standard InChI is InChI=1S/C23H31N3O2/c1-3-20-9-11-21(12-10-20)24-23(27)19(2)26-15-13-25(14-16-26)17-18-28-22-7-5-4-6-8-22/h4-12,19H,3,13-18H2,1-2H3,(H,24,27)/p+2/t19-/m1/s1. The molecule has 2 aromatic carbocycles. The van der Waals surface area contributed by atoms with Crippen molar-refractivity contribution < 1.29 is 19.3 Å². The van der Waals surface area contributed by atoms with Gasteiger partial charge in [0.1, 0.15) is 45.1 Å². The van der Waals surface area contributed by atoms with E-state index in [9.17, 15) is 4.79 Å². The fraction of sp³-hybridized carbons (Fsp3) is 0.435. The first kappa shape index (κ1) is 20.4. The second kappa shape index (κ2) is 10.2. The van der Waals surface area contributed by atoms with Gasteiger partial charge in [-0.15, -0.1) is 0 Å². The van der Waals surface area contributed by atoms with Crippen molar-refractivity contribution in [3.8, 4) is 5.75 Å². The number of carbonyl (C=O) groups excluding carboxylic acids is 1. The zero-order valence-electron chi connectivity index (χ0n) is 17.0. The molecule has 0 bridgehead atoms. The van der Waals surface area contributed by atoms with Gasteiger partial charge in [0, 0.05) is 5.69 Å². The largest absolute Gasteiger partial charge is 0.488 e. The number of ether oxygens (including phenoxy) is 1. The van der Waals surface area contributed by atoms with Crippen molar-refractivity contribution in [1.82, 2.24) is 0 Å². The number of amides is 1. The third kappa shape index (κ3) is 5.81. The first-order valence-electron chi connectivity index (χ1n) is 10.4. The number of benzene rings is 2. The van der Waals surface area contributed by atoms with Crippen LogP contribution < -0.4 is 19.9 Å². The summed E-state index contributed by atoms with van der Waals surface area (Å²) in [6.45, 7) is 10.1. The molecule has 1 heterocycles. The van der Waals surface area contributed by atoms with E-state index in [-0.39, 0.29) is 11.9 Å². The molecular weight excluding hydrogens is 350 g/mol. The Hall–Kier alpha value is -2.37. The molecule has 1 aliphatic rings. The smallest absolute Gasteiger partial charge is 0.282 e. The molecule has 2 aromatic rings. The Balaban J connectivity index is 1.38. The van der Waals surface area contributed by atoms with E-state index >= 15 is 0 Å². The minimum Gasteiger partial charge on any atom is -0.488 e. The average molecular weight is 384 g/mol. The maximum atomic E-state index is 12.6. The summed E-state index contributed by atoms with van der Waals surface area (Å²) >= 11 is 0. The third-order valence-corrected chi connectivity index (χ3v) is 5.70. The van der Waals surface area contributed by atoms with Crippen molar-refractivity contribution in [2.24, 2.45) is 0 Å². The zero-order chi connectivity index (χ0) is 19.8. The van der Waals surface area contributed by atoms with Crippen LogP contribution in [0, 0.1) is 0 Å². The van der Waals surface area contributed by atoms with E-state index in [1.54, 1.807) is 4.90 Å². The van der Waals surface area contributed by atoms with E-state index in [0.29, 0.717) is 0 Å². The minimum absolute atomic E-state index is 0.0343. The predicted octanol–water partition coefficient (Wildman–Crippen LogP) is 0.438. The summed E-state index contributed by atoms with van der Waals surface area (Å²) in [4.78, 5) is 15.5. The Labute approximate surface area is 168 Å². The molecule has 0 spiro atoms. The van der Waals surface area contributed by atoms with Crippen LogP contribution in [0.4, 0.5) is 5.69 Å². The van der Waals surface area contributed by atoms with E-state index < -0.39 is 0 Å². The van der Waals surface area contributed by atoms with E-state index in [1.165, 1.54) is 10.5 Å². The van der Waals surface area contributed by atoms with Gasteiger partial charge in [0.15, 0.2) is 6.04 Å². The SMILES string of the molecule is CCc1ccc(NC(=O)[C@@H](C)[NH+]2CC[NH+](CCOc3ccccc3)CC2)cc1. The number of hydrogen-bond acceptors (Lipinski definition) is 2. The van der Waals surface area contributed by atoms with Gasteiger partial charge < -0.3 is 19.9 Å². The average Bonchev–Trinajstić information content (AvgIpc) is 2.75. The molecule has 0 saturated carbocycles. The molecule has 1 amide bonds. The Bertz CT molecular complexity index is 725. The number of aryl methyl sites for hydroxylation is 1. The number of anilines is 1. The molecule has 3 rings (SSSR count). The quantitative estimate of drug-likeness (QED) is 0.620. The molecule has 150 valence electrons. The molecular formula is C23H33N3O2+2. The van der Waals surface area contributed by atoms with Crippen molar-refractivity contribution >= 4 is 11.6 Å². The maximum absolute atomic E-state index is 12.6. The summed E-state index contributed by atoms with van der Waals surface area (Å²) in [5, 5.41) is 3.07. The van der Waals surface area contributed by atoms with Crippen LogP contribution in [-0.2, 0) is 11.2 Å². The van der Waals surface area contributed by atoms with Gasteiger partial charge in [0.2, 0.25) is 0 Å². The van der Waals surface area contributed by atoms with Gasteiger partial charge in [0.05, 0.1) is 0 Å². The Morgan fingerprint density at radius 1 is 1.04 bits per heavy atom. The highest BCUT2D eigenvalue weighted by Crippen LogP contribution is 2.10. The van der Waals surface area contributed by atoms with Crippen LogP contribution in [0.15, 0.2) is 54.6 Å². The Morgan fingerprint density at radius 2 is 1.71 bits per heavy atom. The lowest BCUT2D eigenvalue weighted by Gasteiger charge is -2.32. The van der Waals surface area contributed by atoms with Crippen LogP contribution in [0.1, 0.15) is 19.4 Å². The van der Waals surface area contributed by atoms with Gasteiger partial charge in [-0.1, -0.05) is 37.3 Å². The number of quaternary nitrogens is 2. The molecule has 3 N–H and O–H groups in total. The van der Waals surface area contributed by atoms with Crippen molar-refractivity contribution in [1.29, 1.82) is 0 Å². The van der Waals surface area contributed by atoms with Gasteiger partial charge >= 0.3 is 0 Å². The topological polar surface area (TPSA) is 47.2 Å². The fourth-order valence-corrected chi connectivity index (χ4v) is 3.70. The molecule has 1 fully saturated rings. The minimum atomic E-state index is -0.0343. The van der Waals surface area contributed by atoms with E-state index in [4.69, 9.17) is 4.74 Å². The fourth-order valence-electron chi connectivity index (χ4n) is 3.70. The predicted molar refractivity (Wildman–Crippen MR) is 112 cm³/mol. The van der Waals surface area contributed by atoms with Crippen LogP contribution in [0.3, 0.4) is 0 Å². The molecule has 0 aliphatic carbocycles. The highest BCUT2D eigenvalue weighted by molar-refractivity contribution is 5.93.